The third-order valence-electron chi connectivity index (χ3n) is 4.04. The van der Waals surface area contributed by atoms with Crippen LogP contribution in [-0.2, 0) is 5.41 Å². The van der Waals surface area contributed by atoms with E-state index in [0.717, 1.165) is 18.4 Å². The highest BCUT2D eigenvalue weighted by molar-refractivity contribution is 5.73. The molecule has 0 saturated heterocycles. The van der Waals surface area contributed by atoms with Gasteiger partial charge >= 0.3 is 6.03 Å². The fourth-order valence-electron chi connectivity index (χ4n) is 2.22. The summed E-state index contributed by atoms with van der Waals surface area (Å²) in [7, 11) is 0. The summed E-state index contributed by atoms with van der Waals surface area (Å²) >= 11 is 0. The van der Waals surface area contributed by atoms with Gasteiger partial charge in [-0.05, 0) is 36.0 Å². The van der Waals surface area contributed by atoms with E-state index in [2.05, 4.69) is 10.6 Å². The van der Waals surface area contributed by atoms with Crippen LogP contribution in [0.15, 0.2) is 24.3 Å². The van der Waals surface area contributed by atoms with E-state index < -0.39 is 0 Å². The van der Waals surface area contributed by atoms with Gasteiger partial charge in [0.2, 0.25) is 0 Å². The largest absolute Gasteiger partial charge is 0.396 e. The highest BCUT2D eigenvalue weighted by Crippen LogP contribution is 2.23. The molecule has 0 heterocycles. The molecule has 0 aromatic heterocycles. The number of urea groups is 1. The normalized spacial score (nSPS) is 12.1. The highest BCUT2D eigenvalue weighted by atomic mass is 19.1. The van der Waals surface area contributed by atoms with Crippen LogP contribution >= 0.6 is 0 Å². The number of carbonyl (C=O) groups is 1. The maximum absolute atomic E-state index is 13.3. The van der Waals surface area contributed by atoms with E-state index in [4.69, 9.17) is 0 Å². The Morgan fingerprint density at radius 2 is 1.91 bits per heavy atom. The van der Waals surface area contributed by atoms with Crippen LogP contribution in [-0.4, -0.2) is 30.8 Å². The molecule has 3 N–H and O–H groups in total. The zero-order chi connectivity index (χ0) is 17.5. The Bertz CT molecular complexity index is 515. The van der Waals surface area contributed by atoms with Crippen LogP contribution in [0.5, 0.6) is 0 Å². The number of nitrogens with one attached hydrogen (secondary N) is 2. The minimum Gasteiger partial charge on any atom is -0.396 e. The molecule has 1 aromatic carbocycles. The maximum atomic E-state index is 13.3. The van der Waals surface area contributed by atoms with Crippen molar-refractivity contribution in [2.45, 2.75) is 46.0 Å². The zero-order valence-corrected chi connectivity index (χ0v) is 14.6. The van der Waals surface area contributed by atoms with Gasteiger partial charge in [0.05, 0.1) is 0 Å². The fourth-order valence-corrected chi connectivity index (χ4v) is 2.22. The molecule has 23 heavy (non-hydrogen) atoms. The van der Waals surface area contributed by atoms with Gasteiger partial charge in [0.25, 0.3) is 0 Å². The number of amides is 2. The Morgan fingerprint density at radius 3 is 2.52 bits per heavy atom. The van der Waals surface area contributed by atoms with Crippen LogP contribution in [0.2, 0.25) is 0 Å². The molecule has 1 rings (SSSR count). The van der Waals surface area contributed by atoms with Gasteiger partial charge in [0.15, 0.2) is 0 Å². The number of halogens is 1. The zero-order valence-electron chi connectivity index (χ0n) is 14.6. The summed E-state index contributed by atoms with van der Waals surface area (Å²) in [6.07, 6.45) is 1.66. The lowest BCUT2D eigenvalue weighted by molar-refractivity contribution is 0.148. The van der Waals surface area contributed by atoms with E-state index in [0.29, 0.717) is 13.1 Å². The van der Waals surface area contributed by atoms with Gasteiger partial charge in [0, 0.05) is 25.1 Å². The second-order valence-electron chi connectivity index (χ2n) is 7.43. The smallest absolute Gasteiger partial charge is 0.314 e. The summed E-state index contributed by atoms with van der Waals surface area (Å²) in [4.78, 5) is 11.8. The molecule has 1 aromatic rings. The summed E-state index contributed by atoms with van der Waals surface area (Å²) in [5.41, 5.74) is 0.387. The maximum Gasteiger partial charge on any atom is 0.314 e. The van der Waals surface area contributed by atoms with Gasteiger partial charge in [-0.25, -0.2) is 9.18 Å². The molecule has 2 amide bonds. The Hall–Kier alpha value is -1.62. The summed E-state index contributed by atoms with van der Waals surface area (Å²) < 4.78 is 13.3. The van der Waals surface area contributed by atoms with Crippen molar-refractivity contribution >= 4 is 6.03 Å². The lowest BCUT2D eigenvalue weighted by Gasteiger charge is -2.26. The fraction of sp³-hybridized carbons (Fsp3) is 0.611. The third-order valence-corrected chi connectivity index (χ3v) is 4.04. The molecule has 4 nitrogen and oxygen atoms in total. The molecule has 0 unspecified atom stereocenters. The van der Waals surface area contributed by atoms with Gasteiger partial charge in [-0.2, -0.15) is 0 Å². The van der Waals surface area contributed by atoms with Crippen LogP contribution in [0.1, 0.15) is 46.1 Å². The molecule has 0 radical (unpaired) electrons. The number of benzene rings is 1. The van der Waals surface area contributed by atoms with Gasteiger partial charge in [0.1, 0.15) is 5.82 Å². The van der Waals surface area contributed by atoms with E-state index in [1.165, 1.54) is 12.1 Å². The summed E-state index contributed by atoms with van der Waals surface area (Å²) in [5, 5.41) is 14.8. The van der Waals surface area contributed by atoms with Crippen LogP contribution in [0.3, 0.4) is 0 Å². The number of hydrogen-bond donors (Lipinski definition) is 3. The van der Waals surface area contributed by atoms with E-state index in [1.807, 2.05) is 33.8 Å². The summed E-state index contributed by atoms with van der Waals surface area (Å²) in [5.74, 6) is -0.272. The highest BCUT2D eigenvalue weighted by Gasteiger charge is 2.22. The lowest BCUT2D eigenvalue weighted by Crippen LogP contribution is -2.42. The first kappa shape index (κ1) is 19.4. The Kier molecular flexibility index (Phi) is 7.01. The average Bonchev–Trinajstić information content (AvgIpc) is 2.50. The Morgan fingerprint density at radius 1 is 1.22 bits per heavy atom. The number of rotatable bonds is 8. The predicted molar refractivity (Wildman–Crippen MR) is 90.9 cm³/mol. The molecular weight excluding hydrogens is 295 g/mol. The molecule has 0 bridgehead atoms. The first-order valence-electron chi connectivity index (χ1n) is 8.05. The van der Waals surface area contributed by atoms with Gasteiger partial charge in [-0.3, -0.25) is 0 Å². The number of hydrogen-bond acceptors (Lipinski definition) is 2. The average molecular weight is 324 g/mol. The Labute approximate surface area is 138 Å². The molecule has 5 heteroatoms. The second-order valence-corrected chi connectivity index (χ2v) is 7.43. The minimum atomic E-state index is -0.349. The minimum absolute atomic E-state index is 0.114. The van der Waals surface area contributed by atoms with Crippen molar-refractivity contribution in [2.75, 3.05) is 19.7 Å². The quantitative estimate of drug-likeness (QED) is 0.643. The second kappa shape index (κ2) is 8.29. The molecule has 0 spiro atoms. The molecule has 0 atom stereocenters. The van der Waals surface area contributed by atoms with Crippen molar-refractivity contribution in [3.05, 3.63) is 35.6 Å². The third kappa shape index (κ3) is 6.99. The van der Waals surface area contributed by atoms with Crippen molar-refractivity contribution in [1.82, 2.24) is 10.6 Å². The molecule has 130 valence electrons. The SMILES string of the molecule is CC(C)(CO)CCCNC(=O)NCC(C)(C)c1cccc(F)c1. The molecular formula is C18H29FN2O2. The van der Waals surface area contributed by atoms with Crippen molar-refractivity contribution in [3.63, 3.8) is 0 Å². The van der Waals surface area contributed by atoms with Crippen LogP contribution in [0.4, 0.5) is 9.18 Å². The van der Waals surface area contributed by atoms with Crippen LogP contribution < -0.4 is 10.6 Å². The first-order chi connectivity index (χ1) is 10.7. The van der Waals surface area contributed by atoms with Gasteiger partial charge in [-0.1, -0.05) is 39.8 Å². The van der Waals surface area contributed by atoms with E-state index in [1.54, 1.807) is 6.07 Å². The predicted octanol–water partition coefficient (Wildman–Crippen LogP) is 3.20. The first-order valence-corrected chi connectivity index (χ1v) is 8.05. The number of carbonyl (C=O) groups excluding carboxylic acids is 1. The van der Waals surface area contributed by atoms with Crippen LogP contribution in [0.25, 0.3) is 0 Å². The van der Waals surface area contributed by atoms with E-state index in [9.17, 15) is 14.3 Å². The number of aliphatic hydroxyl groups excluding tert-OH is 1. The number of aliphatic hydroxyl groups is 1. The van der Waals surface area contributed by atoms with Crippen LogP contribution in [0, 0.1) is 11.2 Å². The van der Waals surface area contributed by atoms with E-state index >= 15 is 0 Å². The topological polar surface area (TPSA) is 61.4 Å². The summed E-state index contributed by atoms with van der Waals surface area (Å²) in [6, 6.07) is 6.22. The van der Waals surface area contributed by atoms with Crippen molar-refractivity contribution in [1.29, 1.82) is 0 Å². The van der Waals surface area contributed by atoms with Crippen molar-refractivity contribution in [2.24, 2.45) is 5.41 Å². The molecule has 0 aliphatic heterocycles. The Balaban J connectivity index is 2.35. The molecule has 0 fully saturated rings. The van der Waals surface area contributed by atoms with Crippen molar-refractivity contribution < 1.29 is 14.3 Å². The van der Waals surface area contributed by atoms with Crippen molar-refractivity contribution in [3.8, 4) is 0 Å². The molecule has 0 saturated carbocycles. The molecule has 0 aliphatic carbocycles. The standard InChI is InChI=1S/C18H29FN2O2/c1-17(2,13-22)9-6-10-20-16(23)21-12-18(3,4)14-7-5-8-15(19)11-14/h5,7-8,11,22H,6,9-10,12-13H2,1-4H3,(H2,20,21,23). The van der Waals surface area contributed by atoms with Gasteiger partial charge in [-0.15, -0.1) is 0 Å². The van der Waals surface area contributed by atoms with Gasteiger partial charge < -0.3 is 15.7 Å². The molecule has 0 aliphatic rings. The van der Waals surface area contributed by atoms with E-state index in [-0.39, 0.29) is 29.3 Å². The summed E-state index contributed by atoms with van der Waals surface area (Å²) in [6.45, 7) is 9.04. The lowest BCUT2D eigenvalue weighted by atomic mass is 9.84. The monoisotopic (exact) mass is 324 g/mol.